The minimum absolute atomic E-state index is 0.0176. The first-order valence-corrected chi connectivity index (χ1v) is 8.73. The second-order valence-corrected chi connectivity index (χ2v) is 6.18. The van der Waals surface area contributed by atoms with Crippen molar-refractivity contribution in [2.24, 2.45) is 0 Å². The third-order valence-corrected chi connectivity index (χ3v) is 4.10. The van der Waals surface area contributed by atoms with E-state index < -0.39 is 11.9 Å². The first-order valence-electron chi connectivity index (χ1n) is 8.73. The lowest BCUT2D eigenvalue weighted by molar-refractivity contribution is -0.117. The highest BCUT2D eigenvalue weighted by molar-refractivity contribution is 6.01. The van der Waals surface area contributed by atoms with E-state index in [1.807, 2.05) is 26.0 Å². The summed E-state index contributed by atoms with van der Waals surface area (Å²) >= 11 is 0. The molecule has 0 spiro atoms. The fourth-order valence-corrected chi connectivity index (χ4v) is 2.34. The Morgan fingerprint density at radius 2 is 1.82 bits per heavy atom. The van der Waals surface area contributed by atoms with Gasteiger partial charge in [-0.1, -0.05) is 18.2 Å². The molecule has 2 rings (SSSR count). The molecule has 0 bridgehead atoms. The Kier molecular flexibility index (Phi) is 7.49. The van der Waals surface area contributed by atoms with Crippen molar-refractivity contribution in [3.8, 4) is 11.8 Å². The molecule has 0 radical (unpaired) electrons. The summed E-state index contributed by atoms with van der Waals surface area (Å²) < 4.78 is 10.2. The van der Waals surface area contributed by atoms with Crippen molar-refractivity contribution in [1.29, 1.82) is 5.26 Å². The van der Waals surface area contributed by atoms with E-state index in [0.29, 0.717) is 30.0 Å². The second kappa shape index (κ2) is 10.0. The van der Waals surface area contributed by atoms with E-state index in [-0.39, 0.29) is 5.57 Å². The minimum atomic E-state index is -0.468. The van der Waals surface area contributed by atoms with Crippen molar-refractivity contribution in [3.05, 3.63) is 70.3 Å². The van der Waals surface area contributed by atoms with Crippen LogP contribution in [0, 0.1) is 25.2 Å². The summed E-state index contributed by atoms with van der Waals surface area (Å²) in [5.41, 5.74) is 3.22. The lowest BCUT2D eigenvalue weighted by Crippen LogP contribution is -2.27. The maximum absolute atomic E-state index is 12.3. The first kappa shape index (κ1) is 20.9. The number of nitriles is 1. The summed E-state index contributed by atoms with van der Waals surface area (Å²) in [4.78, 5) is 24.2. The van der Waals surface area contributed by atoms with Gasteiger partial charge < -0.3 is 14.8 Å². The summed E-state index contributed by atoms with van der Waals surface area (Å²) in [6, 6.07) is 13.8. The van der Waals surface area contributed by atoms with E-state index in [4.69, 9.17) is 9.47 Å². The van der Waals surface area contributed by atoms with Gasteiger partial charge in [-0.3, -0.25) is 4.79 Å². The quantitative estimate of drug-likeness (QED) is 0.263. The molecule has 6 nitrogen and oxygen atoms in total. The van der Waals surface area contributed by atoms with Gasteiger partial charge in [-0.2, -0.15) is 5.26 Å². The zero-order valence-corrected chi connectivity index (χ0v) is 16.1. The van der Waals surface area contributed by atoms with Crippen molar-refractivity contribution in [3.63, 3.8) is 0 Å². The highest BCUT2D eigenvalue weighted by atomic mass is 16.5. The molecule has 0 fully saturated rings. The number of amides is 1. The van der Waals surface area contributed by atoms with E-state index in [2.05, 4.69) is 5.32 Å². The van der Waals surface area contributed by atoms with Gasteiger partial charge in [0.2, 0.25) is 0 Å². The van der Waals surface area contributed by atoms with E-state index in [0.717, 1.165) is 11.1 Å². The Bertz CT molecular complexity index is 925. The van der Waals surface area contributed by atoms with Crippen LogP contribution in [-0.2, 0) is 9.53 Å². The molecule has 0 heterocycles. The van der Waals surface area contributed by atoms with Crippen LogP contribution in [0.5, 0.6) is 5.75 Å². The number of aryl methyl sites for hydroxylation is 2. The summed E-state index contributed by atoms with van der Waals surface area (Å²) in [6.07, 6.45) is 1.47. The van der Waals surface area contributed by atoms with Gasteiger partial charge >= 0.3 is 5.97 Å². The van der Waals surface area contributed by atoms with Crippen LogP contribution >= 0.6 is 0 Å². The number of methoxy groups -OCH3 is 1. The van der Waals surface area contributed by atoms with Crippen molar-refractivity contribution in [2.75, 3.05) is 20.3 Å². The Balaban J connectivity index is 2.05. The molecule has 1 amide bonds. The summed E-state index contributed by atoms with van der Waals surface area (Å²) in [7, 11) is 1.53. The zero-order chi connectivity index (χ0) is 20.5. The average Bonchev–Trinajstić information content (AvgIpc) is 2.69. The molecule has 6 heteroatoms. The summed E-state index contributed by atoms with van der Waals surface area (Å²) in [6.45, 7) is 4.60. The number of carbonyl (C=O) groups is 2. The molecule has 2 aromatic rings. The van der Waals surface area contributed by atoms with E-state index >= 15 is 0 Å². The van der Waals surface area contributed by atoms with Crippen LogP contribution in [0.1, 0.15) is 27.0 Å². The van der Waals surface area contributed by atoms with Gasteiger partial charge in [0.25, 0.3) is 5.91 Å². The van der Waals surface area contributed by atoms with E-state index in [1.165, 1.54) is 13.2 Å². The molecule has 0 aromatic heterocycles. The number of hydrogen-bond donors (Lipinski definition) is 1. The number of nitrogens with one attached hydrogen (secondary N) is 1. The van der Waals surface area contributed by atoms with Gasteiger partial charge in [0.1, 0.15) is 17.4 Å². The Labute approximate surface area is 164 Å². The summed E-state index contributed by atoms with van der Waals surface area (Å²) in [5.74, 6) is -0.533. The fourth-order valence-electron chi connectivity index (χ4n) is 2.34. The van der Waals surface area contributed by atoms with Crippen molar-refractivity contribution in [1.82, 2.24) is 5.32 Å². The number of esters is 1. The van der Waals surface area contributed by atoms with Crippen LogP contribution in [-0.4, -0.2) is 32.1 Å². The number of hydrogen-bond acceptors (Lipinski definition) is 5. The van der Waals surface area contributed by atoms with Crippen LogP contribution in [0.2, 0.25) is 0 Å². The third kappa shape index (κ3) is 5.79. The smallest absolute Gasteiger partial charge is 0.343 e. The largest absolute Gasteiger partial charge is 0.423 e. The lowest BCUT2D eigenvalue weighted by atomic mass is 10.1. The standard InChI is InChI=1S/C22H22N2O4/c1-15-4-7-18(12-16(15)2)22(26)28-20-8-5-17(6-9-20)13-19(14-23)21(25)24-10-11-27-3/h4-9,12-13H,10-11H2,1-3H3,(H,24,25)/b19-13+. The van der Waals surface area contributed by atoms with Crippen LogP contribution < -0.4 is 10.1 Å². The molecule has 144 valence electrons. The van der Waals surface area contributed by atoms with Crippen molar-refractivity contribution < 1.29 is 19.1 Å². The van der Waals surface area contributed by atoms with Gasteiger partial charge in [0, 0.05) is 13.7 Å². The number of rotatable bonds is 7. The maximum Gasteiger partial charge on any atom is 0.343 e. The molecule has 0 saturated heterocycles. The molecule has 0 atom stereocenters. The van der Waals surface area contributed by atoms with Crippen LogP contribution in [0.4, 0.5) is 0 Å². The maximum atomic E-state index is 12.3. The molecule has 28 heavy (non-hydrogen) atoms. The zero-order valence-electron chi connectivity index (χ0n) is 16.1. The van der Waals surface area contributed by atoms with Crippen molar-refractivity contribution >= 4 is 18.0 Å². The first-order chi connectivity index (χ1) is 13.4. The van der Waals surface area contributed by atoms with Gasteiger partial charge in [0.05, 0.1) is 12.2 Å². The predicted octanol–water partition coefficient (Wildman–Crippen LogP) is 3.19. The Morgan fingerprint density at radius 3 is 2.43 bits per heavy atom. The third-order valence-electron chi connectivity index (χ3n) is 4.10. The van der Waals surface area contributed by atoms with Crippen LogP contribution in [0.15, 0.2) is 48.0 Å². The second-order valence-electron chi connectivity index (χ2n) is 6.18. The molecular formula is C22H22N2O4. The van der Waals surface area contributed by atoms with Gasteiger partial charge in [0.15, 0.2) is 0 Å². The topological polar surface area (TPSA) is 88.4 Å². The van der Waals surface area contributed by atoms with E-state index in [9.17, 15) is 14.9 Å². The molecule has 2 aromatic carbocycles. The predicted molar refractivity (Wildman–Crippen MR) is 106 cm³/mol. The fraction of sp³-hybridized carbons (Fsp3) is 0.227. The van der Waals surface area contributed by atoms with Gasteiger partial charge in [-0.15, -0.1) is 0 Å². The van der Waals surface area contributed by atoms with Gasteiger partial charge in [-0.25, -0.2) is 4.79 Å². The number of benzene rings is 2. The molecule has 1 N–H and O–H groups in total. The van der Waals surface area contributed by atoms with Crippen LogP contribution in [0.25, 0.3) is 6.08 Å². The molecular weight excluding hydrogens is 356 g/mol. The van der Waals surface area contributed by atoms with Crippen LogP contribution in [0.3, 0.4) is 0 Å². The normalized spacial score (nSPS) is 10.9. The number of carbonyl (C=O) groups excluding carboxylic acids is 2. The molecule has 0 unspecified atom stereocenters. The molecule has 0 aliphatic carbocycles. The SMILES string of the molecule is COCCNC(=O)/C(C#N)=C/c1ccc(OC(=O)c2ccc(C)c(C)c2)cc1. The van der Waals surface area contributed by atoms with E-state index in [1.54, 1.807) is 36.4 Å². The Morgan fingerprint density at radius 1 is 1.11 bits per heavy atom. The Hall–Kier alpha value is -3.43. The molecule has 0 saturated carbocycles. The summed E-state index contributed by atoms with van der Waals surface area (Å²) in [5, 5.41) is 11.8. The number of ether oxygens (including phenoxy) is 2. The average molecular weight is 378 g/mol. The van der Waals surface area contributed by atoms with Gasteiger partial charge in [-0.05, 0) is 60.9 Å². The number of nitrogens with zero attached hydrogens (tertiary/aromatic N) is 1. The highest BCUT2D eigenvalue weighted by Gasteiger charge is 2.11. The monoisotopic (exact) mass is 378 g/mol. The molecule has 0 aliphatic heterocycles. The highest BCUT2D eigenvalue weighted by Crippen LogP contribution is 2.17. The van der Waals surface area contributed by atoms with Crippen molar-refractivity contribution in [2.45, 2.75) is 13.8 Å². The lowest BCUT2D eigenvalue weighted by Gasteiger charge is -2.07. The minimum Gasteiger partial charge on any atom is -0.423 e. The molecule has 0 aliphatic rings.